The Morgan fingerprint density at radius 1 is 0.630 bits per heavy atom. The second-order valence-corrected chi connectivity index (χ2v) is 9.79. The molecule has 2 fully saturated rings. The molecule has 1 amide bonds. The molecule has 2 aliphatic rings. The SMILES string of the molecule is [2H]CC(=O)O[C@H]1[C@H](O[C@@H]2O[C@H](COC(C)=O)[C@H](OC(C)=O)[C@H](OC(C)=O)[C@H]2NC(C)=O)[C@@H](C(=O)OC)OC(OC(C)=O)[C@@H]1OC(=O)C[2H]. The van der Waals surface area contributed by atoms with Crippen molar-refractivity contribution >= 4 is 47.7 Å². The normalized spacial score (nSPS) is 31.0. The molecular formula is C27H37NO18. The van der Waals surface area contributed by atoms with Crippen molar-refractivity contribution in [2.75, 3.05) is 13.7 Å². The third-order valence-electron chi connectivity index (χ3n) is 6.11. The molecule has 10 atom stereocenters. The Morgan fingerprint density at radius 3 is 1.67 bits per heavy atom. The Labute approximate surface area is 265 Å². The van der Waals surface area contributed by atoms with E-state index in [-0.39, 0.29) is 0 Å². The van der Waals surface area contributed by atoms with Crippen molar-refractivity contribution in [2.24, 2.45) is 0 Å². The third kappa shape index (κ3) is 10.6. The molecule has 19 nitrogen and oxygen atoms in total. The molecule has 46 heavy (non-hydrogen) atoms. The highest BCUT2D eigenvalue weighted by Gasteiger charge is 2.58. The van der Waals surface area contributed by atoms with Crippen molar-refractivity contribution in [3.8, 4) is 0 Å². The maximum Gasteiger partial charge on any atom is 0.338 e. The molecule has 0 aromatic rings. The maximum atomic E-state index is 13.0. The minimum absolute atomic E-state index is 0.630. The summed E-state index contributed by atoms with van der Waals surface area (Å²) >= 11 is 0. The van der Waals surface area contributed by atoms with E-state index in [1.165, 1.54) is 0 Å². The van der Waals surface area contributed by atoms with Gasteiger partial charge in [-0.3, -0.25) is 33.6 Å². The smallest absolute Gasteiger partial charge is 0.338 e. The minimum atomic E-state index is -1.99. The zero-order chi connectivity index (χ0) is 36.3. The topological polar surface area (TPSA) is 241 Å². The van der Waals surface area contributed by atoms with Crippen molar-refractivity contribution in [3.05, 3.63) is 0 Å². The van der Waals surface area contributed by atoms with Gasteiger partial charge in [-0.2, -0.15) is 0 Å². The Bertz CT molecular complexity index is 1230. The Balaban J connectivity index is 2.78. The van der Waals surface area contributed by atoms with Crippen LogP contribution in [0.4, 0.5) is 0 Å². The third-order valence-corrected chi connectivity index (χ3v) is 6.11. The molecule has 2 aliphatic heterocycles. The second-order valence-electron chi connectivity index (χ2n) is 9.79. The number of methoxy groups -OCH3 is 1. The fraction of sp³-hybridized carbons (Fsp3) is 0.704. The van der Waals surface area contributed by atoms with Gasteiger partial charge in [0.1, 0.15) is 24.9 Å². The van der Waals surface area contributed by atoms with E-state index in [2.05, 4.69) is 5.32 Å². The summed E-state index contributed by atoms with van der Waals surface area (Å²) in [5, 5.41) is 2.44. The van der Waals surface area contributed by atoms with Crippen LogP contribution in [-0.2, 0) is 85.7 Å². The van der Waals surface area contributed by atoms with Crippen LogP contribution >= 0.6 is 0 Å². The number of hydrogen-bond donors (Lipinski definition) is 1. The lowest BCUT2D eigenvalue weighted by molar-refractivity contribution is -0.339. The van der Waals surface area contributed by atoms with Gasteiger partial charge in [0, 0.05) is 51.2 Å². The average molecular weight is 666 g/mol. The predicted molar refractivity (Wildman–Crippen MR) is 142 cm³/mol. The van der Waals surface area contributed by atoms with Gasteiger partial charge >= 0.3 is 41.8 Å². The van der Waals surface area contributed by atoms with E-state index in [9.17, 15) is 38.4 Å². The van der Waals surface area contributed by atoms with E-state index in [0.29, 0.717) is 0 Å². The highest BCUT2D eigenvalue weighted by atomic mass is 16.8. The molecule has 2 rings (SSSR count). The number of esters is 7. The first-order chi connectivity index (χ1) is 22.5. The van der Waals surface area contributed by atoms with Gasteiger partial charge in [0.05, 0.1) is 7.11 Å². The van der Waals surface area contributed by atoms with Crippen LogP contribution in [0.1, 0.15) is 51.2 Å². The number of carbonyl (C=O) groups excluding carboxylic acids is 8. The molecule has 0 bridgehead atoms. The minimum Gasteiger partial charge on any atom is -0.467 e. The number of amides is 1. The van der Waals surface area contributed by atoms with Crippen LogP contribution in [0.2, 0.25) is 0 Å². The van der Waals surface area contributed by atoms with E-state index in [4.69, 9.17) is 50.1 Å². The first-order valence-corrected chi connectivity index (χ1v) is 13.5. The monoisotopic (exact) mass is 665 g/mol. The summed E-state index contributed by atoms with van der Waals surface area (Å²) in [7, 11) is 0.938. The van der Waals surface area contributed by atoms with Gasteiger partial charge in [0.15, 0.2) is 30.7 Å². The summed E-state index contributed by atoms with van der Waals surface area (Å²) < 4.78 is 68.7. The largest absolute Gasteiger partial charge is 0.467 e. The van der Waals surface area contributed by atoms with E-state index in [1.54, 1.807) is 0 Å². The van der Waals surface area contributed by atoms with Gasteiger partial charge in [-0.25, -0.2) is 4.79 Å². The number of nitrogens with one attached hydrogen (secondary N) is 1. The number of rotatable bonds is 11. The standard InChI is InChI=1S/C27H37NO18/c1-10(29)28-18-20(40-13(4)32)19(39-12(3)31)17(9-38-11(2)30)44-26(18)45-21-22(41-14(5)33)24(42-15(6)34)27(43-16(7)35)46-23(21)25(36)37-8/h17-24,26-27H,9H2,1-8H3,(H,28,29)/t17-,18-,19+,20-,21+,22+,23+,24-,26+,27?/m1/s1/i5D,6D. The first-order valence-electron chi connectivity index (χ1n) is 14.9. The molecule has 0 saturated carbocycles. The number of ether oxygens (including phenoxy) is 10. The van der Waals surface area contributed by atoms with Crippen LogP contribution in [0.5, 0.6) is 0 Å². The van der Waals surface area contributed by atoms with Gasteiger partial charge < -0.3 is 52.7 Å². The summed E-state index contributed by atoms with van der Waals surface area (Å²) in [4.78, 5) is 98.1. The second kappa shape index (κ2) is 16.8. The van der Waals surface area contributed by atoms with Crippen molar-refractivity contribution in [1.82, 2.24) is 5.32 Å². The quantitative estimate of drug-likeness (QED) is 0.192. The molecule has 1 unspecified atom stereocenters. The van der Waals surface area contributed by atoms with Crippen molar-refractivity contribution in [2.45, 2.75) is 110 Å². The molecule has 0 radical (unpaired) electrons. The van der Waals surface area contributed by atoms with Gasteiger partial charge in [0.2, 0.25) is 18.3 Å². The molecule has 2 saturated heterocycles. The zero-order valence-corrected chi connectivity index (χ0v) is 25.7. The summed E-state index contributed by atoms with van der Waals surface area (Å²) in [6, 6.07) is -1.59. The molecule has 19 heteroatoms. The van der Waals surface area contributed by atoms with Crippen LogP contribution in [0.25, 0.3) is 0 Å². The molecule has 0 aromatic carbocycles. The summed E-state index contributed by atoms with van der Waals surface area (Å²) in [5.74, 6) is -8.07. The summed E-state index contributed by atoms with van der Waals surface area (Å²) in [6.07, 6.45) is -16.3. The van der Waals surface area contributed by atoms with Crippen LogP contribution in [0, 0.1) is 0 Å². The van der Waals surface area contributed by atoms with Crippen molar-refractivity contribution < 1.29 is 88.5 Å². The van der Waals surface area contributed by atoms with Crippen molar-refractivity contribution in [3.63, 3.8) is 0 Å². The maximum absolute atomic E-state index is 13.0. The van der Waals surface area contributed by atoms with Crippen molar-refractivity contribution in [1.29, 1.82) is 0 Å². The fourth-order valence-corrected chi connectivity index (χ4v) is 4.65. The van der Waals surface area contributed by atoms with Crippen LogP contribution < -0.4 is 5.32 Å². The fourth-order valence-electron chi connectivity index (χ4n) is 4.65. The molecule has 1 N–H and O–H groups in total. The highest BCUT2D eigenvalue weighted by Crippen LogP contribution is 2.34. The Hall–Kier alpha value is -4.36. The zero-order valence-electron chi connectivity index (χ0n) is 27.7. The Kier molecular flexibility index (Phi) is 12.6. The molecule has 0 aliphatic carbocycles. The lowest BCUT2D eigenvalue weighted by Crippen LogP contribution is -2.69. The molecular weight excluding hydrogens is 626 g/mol. The summed E-state index contributed by atoms with van der Waals surface area (Å²) in [5.41, 5.74) is 0. The van der Waals surface area contributed by atoms with Crippen LogP contribution in [0.3, 0.4) is 0 Å². The first kappa shape index (κ1) is 34.5. The van der Waals surface area contributed by atoms with Gasteiger partial charge in [0.25, 0.3) is 0 Å². The van der Waals surface area contributed by atoms with Gasteiger partial charge in [-0.15, -0.1) is 0 Å². The molecule has 0 spiro atoms. The molecule has 2 heterocycles. The number of carbonyl (C=O) groups is 8. The van der Waals surface area contributed by atoms with Crippen LogP contribution in [0.15, 0.2) is 0 Å². The van der Waals surface area contributed by atoms with Gasteiger partial charge in [-0.1, -0.05) is 0 Å². The Morgan fingerprint density at radius 2 is 1.17 bits per heavy atom. The lowest BCUT2D eigenvalue weighted by Gasteiger charge is -2.48. The molecule has 0 aromatic heterocycles. The van der Waals surface area contributed by atoms with E-state index >= 15 is 0 Å². The lowest BCUT2D eigenvalue weighted by atomic mass is 9.94. The summed E-state index contributed by atoms with van der Waals surface area (Å²) in [6.45, 7) is 2.49. The van der Waals surface area contributed by atoms with E-state index in [0.717, 1.165) is 41.7 Å². The number of hydrogen-bond acceptors (Lipinski definition) is 18. The highest BCUT2D eigenvalue weighted by molar-refractivity contribution is 5.76. The van der Waals surface area contributed by atoms with E-state index < -0.39 is 129 Å². The van der Waals surface area contributed by atoms with Gasteiger partial charge in [-0.05, 0) is 0 Å². The molecule has 258 valence electrons. The average Bonchev–Trinajstić information content (AvgIpc) is 2.99. The van der Waals surface area contributed by atoms with Crippen LogP contribution in [-0.4, -0.2) is 123 Å². The van der Waals surface area contributed by atoms with E-state index in [1.807, 2.05) is 0 Å². The predicted octanol–water partition coefficient (Wildman–Crippen LogP) is -1.65.